The topological polar surface area (TPSA) is 45.4 Å². The first-order valence-electron chi connectivity index (χ1n) is 7.30. The van der Waals surface area contributed by atoms with Gasteiger partial charge in [-0.15, -0.1) is 0 Å². The summed E-state index contributed by atoms with van der Waals surface area (Å²) in [4.78, 5) is 4.83. The van der Waals surface area contributed by atoms with E-state index in [0.717, 1.165) is 18.3 Å². The monoisotopic (exact) mass is 280 g/mol. The van der Waals surface area contributed by atoms with E-state index in [9.17, 15) is 0 Å². The number of hydrogen-bond acceptors (Lipinski definition) is 5. The Kier molecular flexibility index (Phi) is 3.67. The van der Waals surface area contributed by atoms with Gasteiger partial charge in [-0.2, -0.15) is 4.37 Å². The van der Waals surface area contributed by atoms with Gasteiger partial charge in [-0.3, -0.25) is 0 Å². The summed E-state index contributed by atoms with van der Waals surface area (Å²) in [6.45, 7) is 3.62. The first-order chi connectivity index (χ1) is 9.15. The van der Waals surface area contributed by atoms with E-state index < -0.39 is 0 Å². The highest BCUT2D eigenvalue weighted by Gasteiger charge is 2.32. The highest BCUT2D eigenvalue weighted by molar-refractivity contribution is 7.10. The maximum absolute atomic E-state index is 6.04. The number of nitrogens with two attached hydrogens (primary N) is 1. The predicted molar refractivity (Wildman–Crippen MR) is 82.0 cm³/mol. The number of hydrogen-bond donors (Lipinski definition) is 1. The maximum atomic E-state index is 6.04. The van der Waals surface area contributed by atoms with Crippen LogP contribution < -0.4 is 10.6 Å². The first-order valence-corrected chi connectivity index (χ1v) is 8.07. The lowest BCUT2D eigenvalue weighted by Gasteiger charge is -2.32. The highest BCUT2D eigenvalue weighted by Crippen LogP contribution is 2.48. The van der Waals surface area contributed by atoms with Gasteiger partial charge in [0.2, 0.25) is 0 Å². The van der Waals surface area contributed by atoms with Crippen molar-refractivity contribution in [2.24, 2.45) is 5.92 Å². The molecule has 1 aromatic heterocycles. The van der Waals surface area contributed by atoms with Gasteiger partial charge in [-0.25, -0.2) is 0 Å². The fourth-order valence-corrected chi connectivity index (χ4v) is 3.91. The summed E-state index contributed by atoms with van der Waals surface area (Å²) < 4.78 is 4.37. The molecule has 0 radical (unpaired) electrons. The fourth-order valence-electron chi connectivity index (χ4n) is 3.05. The smallest absolute Gasteiger partial charge is 0.142 e. The van der Waals surface area contributed by atoms with Gasteiger partial charge >= 0.3 is 0 Å². The van der Waals surface area contributed by atoms with E-state index in [1.54, 1.807) is 11.5 Å². The number of piperidine rings is 1. The molecule has 2 fully saturated rings. The molecule has 1 saturated carbocycles. The summed E-state index contributed by atoms with van der Waals surface area (Å²) in [6.07, 6.45) is 5.21. The van der Waals surface area contributed by atoms with Crippen LogP contribution in [0, 0.1) is 5.92 Å². The van der Waals surface area contributed by atoms with E-state index in [4.69, 9.17) is 5.73 Å². The van der Waals surface area contributed by atoms with Crippen molar-refractivity contribution in [2.75, 3.05) is 44.4 Å². The molecule has 0 bridgehead atoms. The summed E-state index contributed by atoms with van der Waals surface area (Å²) in [5.41, 5.74) is 7.37. The second-order valence-corrected chi connectivity index (χ2v) is 6.94. The highest BCUT2D eigenvalue weighted by atomic mass is 32.1. The summed E-state index contributed by atoms with van der Waals surface area (Å²) in [6, 6.07) is 0. The van der Waals surface area contributed by atoms with Crippen molar-refractivity contribution in [3.8, 4) is 0 Å². The first kappa shape index (κ1) is 13.2. The van der Waals surface area contributed by atoms with Gasteiger partial charge in [0.15, 0.2) is 0 Å². The summed E-state index contributed by atoms with van der Waals surface area (Å²) in [5.74, 6) is 2.28. The molecular formula is C14H24N4S. The van der Waals surface area contributed by atoms with Gasteiger partial charge in [-0.1, -0.05) is 0 Å². The maximum Gasteiger partial charge on any atom is 0.142 e. The second-order valence-electron chi connectivity index (χ2n) is 6.19. The molecule has 2 N–H and O–H groups in total. The summed E-state index contributed by atoms with van der Waals surface area (Å²) in [7, 11) is 4.42. The summed E-state index contributed by atoms with van der Waals surface area (Å²) >= 11 is 1.58. The van der Waals surface area contributed by atoms with Crippen LogP contribution in [-0.4, -0.2) is 43.0 Å². The van der Waals surface area contributed by atoms with E-state index in [2.05, 4.69) is 28.3 Å². The second kappa shape index (κ2) is 5.29. The average molecular weight is 280 g/mol. The molecule has 0 spiro atoms. The van der Waals surface area contributed by atoms with Crippen LogP contribution in [-0.2, 0) is 0 Å². The molecule has 0 unspecified atom stereocenters. The lowest BCUT2D eigenvalue weighted by molar-refractivity contribution is 0.222. The van der Waals surface area contributed by atoms with Crippen molar-refractivity contribution in [3.05, 3.63) is 5.56 Å². The number of anilines is 2. The van der Waals surface area contributed by atoms with E-state index in [-0.39, 0.29) is 0 Å². The van der Waals surface area contributed by atoms with Crippen molar-refractivity contribution in [3.63, 3.8) is 0 Å². The Balaban J connectivity index is 1.65. The number of likely N-dealkylation sites (tertiary alicyclic amines) is 1. The molecular weight excluding hydrogens is 256 g/mol. The normalized spacial score (nSPS) is 21.8. The van der Waals surface area contributed by atoms with Crippen LogP contribution in [0.1, 0.15) is 37.2 Å². The SMILES string of the molecule is CN1CCC(CN(C)c2snc(N)c2C2CC2)CC1. The van der Waals surface area contributed by atoms with Gasteiger partial charge in [0.25, 0.3) is 0 Å². The molecule has 19 heavy (non-hydrogen) atoms. The van der Waals surface area contributed by atoms with Gasteiger partial charge in [0, 0.05) is 19.2 Å². The summed E-state index contributed by atoms with van der Waals surface area (Å²) in [5, 5.41) is 1.32. The van der Waals surface area contributed by atoms with Crippen molar-refractivity contribution in [1.82, 2.24) is 9.27 Å². The lowest BCUT2D eigenvalue weighted by Crippen LogP contribution is -2.35. The third kappa shape index (κ3) is 2.87. The van der Waals surface area contributed by atoms with Crippen LogP contribution in [0.4, 0.5) is 10.8 Å². The van der Waals surface area contributed by atoms with Crippen LogP contribution >= 0.6 is 11.5 Å². The van der Waals surface area contributed by atoms with Crippen LogP contribution in [0.15, 0.2) is 0 Å². The third-order valence-corrected chi connectivity index (χ3v) is 5.43. The molecule has 5 heteroatoms. The minimum Gasteiger partial charge on any atom is -0.383 e. The standard InChI is InChI=1S/C14H24N4S/c1-17-7-5-10(6-8-17)9-18(2)14-12(11-3-4-11)13(15)16-19-14/h10-11H,3-9H2,1-2H3,(H2,15,16). The van der Waals surface area contributed by atoms with E-state index in [1.807, 2.05) is 0 Å². The quantitative estimate of drug-likeness (QED) is 0.920. The fraction of sp³-hybridized carbons (Fsp3) is 0.786. The number of nitrogens with zero attached hydrogens (tertiary/aromatic N) is 3. The van der Waals surface area contributed by atoms with Crippen molar-refractivity contribution >= 4 is 22.4 Å². The molecule has 0 amide bonds. The minimum absolute atomic E-state index is 0.689. The van der Waals surface area contributed by atoms with Crippen LogP contribution in [0.25, 0.3) is 0 Å². The van der Waals surface area contributed by atoms with Gasteiger partial charge in [-0.05, 0) is 69.2 Å². The minimum atomic E-state index is 0.689. The van der Waals surface area contributed by atoms with Gasteiger partial charge < -0.3 is 15.5 Å². The molecule has 1 aliphatic carbocycles. The zero-order valence-corrected chi connectivity index (χ0v) is 12.7. The zero-order valence-electron chi connectivity index (χ0n) is 11.9. The average Bonchev–Trinajstić information content (AvgIpc) is 3.15. The van der Waals surface area contributed by atoms with E-state index >= 15 is 0 Å². The van der Waals surface area contributed by atoms with E-state index in [1.165, 1.54) is 49.3 Å². The molecule has 1 aromatic rings. The predicted octanol–water partition coefficient (Wildman–Crippen LogP) is 2.38. The Morgan fingerprint density at radius 2 is 2.00 bits per heavy atom. The van der Waals surface area contributed by atoms with Gasteiger partial charge in [0.05, 0.1) is 0 Å². The molecule has 4 nitrogen and oxygen atoms in total. The Morgan fingerprint density at radius 3 is 2.63 bits per heavy atom. The molecule has 2 aliphatic rings. The Morgan fingerprint density at radius 1 is 1.32 bits per heavy atom. The van der Waals surface area contributed by atoms with Crippen LogP contribution in [0.3, 0.4) is 0 Å². The van der Waals surface area contributed by atoms with Crippen molar-refractivity contribution < 1.29 is 0 Å². The zero-order chi connectivity index (χ0) is 13.4. The lowest BCUT2D eigenvalue weighted by atomic mass is 9.96. The Hall–Kier alpha value is -0.810. The molecule has 3 rings (SSSR count). The van der Waals surface area contributed by atoms with Crippen molar-refractivity contribution in [2.45, 2.75) is 31.6 Å². The molecule has 1 aliphatic heterocycles. The Labute approximate surface area is 119 Å². The Bertz CT molecular complexity index is 433. The molecule has 0 aromatic carbocycles. The van der Waals surface area contributed by atoms with Crippen LogP contribution in [0.2, 0.25) is 0 Å². The number of aromatic nitrogens is 1. The third-order valence-electron chi connectivity index (χ3n) is 4.44. The molecule has 2 heterocycles. The largest absolute Gasteiger partial charge is 0.383 e. The number of rotatable bonds is 4. The van der Waals surface area contributed by atoms with Crippen molar-refractivity contribution in [1.29, 1.82) is 0 Å². The van der Waals surface area contributed by atoms with E-state index in [0.29, 0.717) is 5.92 Å². The molecule has 0 atom stereocenters. The molecule has 106 valence electrons. The molecule has 1 saturated heterocycles. The number of nitrogen functional groups attached to an aromatic ring is 1. The van der Waals surface area contributed by atoms with Crippen LogP contribution in [0.5, 0.6) is 0 Å². The van der Waals surface area contributed by atoms with Gasteiger partial charge in [0.1, 0.15) is 10.8 Å².